The molecule has 0 saturated heterocycles. The molecule has 1 amide bonds. The van der Waals surface area contributed by atoms with E-state index >= 15 is 4.39 Å². The summed E-state index contributed by atoms with van der Waals surface area (Å²) >= 11 is 6.43. The van der Waals surface area contributed by atoms with Gasteiger partial charge in [-0.15, -0.1) is 0 Å². The highest BCUT2D eigenvalue weighted by molar-refractivity contribution is 6.32. The van der Waals surface area contributed by atoms with Crippen LogP contribution in [-0.2, 0) is 4.79 Å². The van der Waals surface area contributed by atoms with E-state index in [-0.39, 0.29) is 27.7 Å². The molecule has 0 heterocycles. The minimum absolute atomic E-state index is 0.0102. The molecule has 0 unspecified atom stereocenters. The van der Waals surface area contributed by atoms with E-state index in [4.69, 9.17) is 27.5 Å². The maximum absolute atomic E-state index is 15.7. The van der Waals surface area contributed by atoms with Gasteiger partial charge in [0.05, 0.1) is 10.6 Å². The molecule has 0 fully saturated rings. The summed E-state index contributed by atoms with van der Waals surface area (Å²) in [7, 11) is 3.39. The molecule has 0 spiro atoms. The van der Waals surface area contributed by atoms with Crippen LogP contribution >= 0.6 is 11.6 Å². The normalized spacial score (nSPS) is 11.8. The van der Waals surface area contributed by atoms with Crippen LogP contribution in [0.15, 0.2) is 66.7 Å². The summed E-state index contributed by atoms with van der Waals surface area (Å²) in [6.07, 6.45) is 4.63. The molecular weight excluding hydrogens is 534 g/mol. The Morgan fingerprint density at radius 2 is 1.80 bits per heavy atom. The molecule has 3 aromatic carbocycles. The average Bonchev–Trinajstić information content (AvgIpc) is 2.93. The summed E-state index contributed by atoms with van der Waals surface area (Å²) in [4.78, 5) is 13.0. The fraction of sp³-hybridized carbons (Fsp3) is 0.226. The van der Waals surface area contributed by atoms with Crippen molar-refractivity contribution < 1.29 is 18.3 Å². The fourth-order valence-corrected chi connectivity index (χ4v) is 4.41. The lowest BCUT2D eigenvalue weighted by Gasteiger charge is -2.19. The van der Waals surface area contributed by atoms with Gasteiger partial charge in [-0.2, -0.15) is 0 Å². The van der Waals surface area contributed by atoms with Crippen molar-refractivity contribution in [3.05, 3.63) is 106 Å². The fourth-order valence-electron chi connectivity index (χ4n) is 4.13. The van der Waals surface area contributed by atoms with Crippen LogP contribution in [0.25, 0.3) is 11.1 Å². The molecule has 0 aliphatic rings. The molecule has 0 atom stereocenters. The van der Waals surface area contributed by atoms with Gasteiger partial charge in [-0.25, -0.2) is 8.78 Å². The number of likely N-dealkylation sites (N-methyl/N-ethyl adjacent to an activating group) is 1. The topological polar surface area (TPSA) is 91.4 Å². The highest BCUT2D eigenvalue weighted by Crippen LogP contribution is 2.39. The number of ether oxygens (including phenoxy) is 1. The van der Waals surface area contributed by atoms with E-state index in [1.165, 1.54) is 23.1 Å². The number of anilines is 1. The Labute approximate surface area is 238 Å². The number of carbonyl (C=O) groups is 1. The first-order chi connectivity index (χ1) is 19.2. The van der Waals surface area contributed by atoms with Crippen LogP contribution in [0.4, 0.5) is 14.5 Å². The van der Waals surface area contributed by atoms with Crippen LogP contribution in [-0.4, -0.2) is 50.8 Å². The van der Waals surface area contributed by atoms with Crippen molar-refractivity contribution in [1.82, 2.24) is 10.2 Å². The molecule has 3 aromatic rings. The average molecular weight is 567 g/mol. The summed E-state index contributed by atoms with van der Waals surface area (Å²) in [6, 6.07) is 14.5. The van der Waals surface area contributed by atoms with E-state index in [9.17, 15) is 9.18 Å². The molecule has 0 saturated carbocycles. The van der Waals surface area contributed by atoms with E-state index in [0.29, 0.717) is 54.1 Å². The number of nitrogens with two attached hydrogens (primary N) is 1. The first kappa shape index (κ1) is 30.5. The molecule has 9 heteroatoms. The van der Waals surface area contributed by atoms with Gasteiger partial charge in [0.1, 0.15) is 24.0 Å². The van der Waals surface area contributed by atoms with Gasteiger partial charge < -0.3 is 26.1 Å². The zero-order chi connectivity index (χ0) is 29.2. The highest BCUT2D eigenvalue weighted by Gasteiger charge is 2.21. The second kappa shape index (κ2) is 14.4. The zero-order valence-electron chi connectivity index (χ0n) is 22.7. The number of allylic oxidation sites excluding steroid dienone is 1. The Balaban J connectivity index is 1.90. The number of nitrogen functional groups attached to an aromatic ring is 1. The lowest BCUT2D eigenvalue weighted by molar-refractivity contribution is -0.123. The minimum Gasteiger partial charge on any atom is -0.492 e. The van der Waals surface area contributed by atoms with Crippen LogP contribution in [0, 0.1) is 17.0 Å². The van der Waals surface area contributed by atoms with Crippen LogP contribution < -0.4 is 15.8 Å². The number of benzene rings is 3. The molecule has 0 aliphatic carbocycles. The lowest BCUT2D eigenvalue weighted by Crippen LogP contribution is -2.22. The van der Waals surface area contributed by atoms with E-state index in [1.807, 2.05) is 19.1 Å². The number of rotatable bonds is 12. The van der Waals surface area contributed by atoms with Gasteiger partial charge in [0.15, 0.2) is 0 Å². The third-order valence-corrected chi connectivity index (χ3v) is 6.51. The van der Waals surface area contributed by atoms with Crippen LogP contribution in [0.5, 0.6) is 5.75 Å². The van der Waals surface area contributed by atoms with Crippen molar-refractivity contribution in [3.8, 4) is 5.75 Å². The molecule has 0 bridgehead atoms. The maximum atomic E-state index is 15.7. The van der Waals surface area contributed by atoms with Gasteiger partial charge >= 0.3 is 0 Å². The van der Waals surface area contributed by atoms with E-state index in [1.54, 1.807) is 50.5 Å². The molecule has 0 aromatic heterocycles. The Kier molecular flexibility index (Phi) is 11.0. The number of amides is 1. The smallest absolute Gasteiger partial charge is 0.245 e. The highest BCUT2D eigenvalue weighted by atomic mass is 35.5. The molecular formula is C31H33ClF2N4O2. The summed E-state index contributed by atoms with van der Waals surface area (Å²) in [5.74, 6) is -0.544. The number of nitrogens with zero attached hydrogens (tertiary/aromatic N) is 1. The van der Waals surface area contributed by atoms with Crippen molar-refractivity contribution in [3.63, 3.8) is 0 Å². The number of hydrogen-bond donors (Lipinski definition) is 3. The molecule has 0 radical (unpaired) electrons. The second-order valence-electron chi connectivity index (χ2n) is 9.12. The van der Waals surface area contributed by atoms with Gasteiger partial charge in [-0.1, -0.05) is 42.8 Å². The van der Waals surface area contributed by atoms with Gasteiger partial charge in [0, 0.05) is 50.7 Å². The van der Waals surface area contributed by atoms with Crippen molar-refractivity contribution in [1.29, 1.82) is 5.41 Å². The Morgan fingerprint density at radius 1 is 1.10 bits per heavy atom. The zero-order valence-corrected chi connectivity index (χ0v) is 23.5. The molecule has 40 heavy (non-hydrogen) atoms. The third kappa shape index (κ3) is 7.55. The molecule has 0 aliphatic heterocycles. The van der Waals surface area contributed by atoms with E-state index in [0.717, 1.165) is 6.21 Å². The van der Waals surface area contributed by atoms with Gasteiger partial charge in [0.25, 0.3) is 0 Å². The summed E-state index contributed by atoms with van der Waals surface area (Å²) in [5.41, 5.74) is 8.87. The van der Waals surface area contributed by atoms with Crippen LogP contribution in [0.3, 0.4) is 0 Å². The summed E-state index contributed by atoms with van der Waals surface area (Å²) in [6.45, 7) is 3.42. The first-order valence-corrected chi connectivity index (χ1v) is 13.1. The van der Waals surface area contributed by atoms with E-state index < -0.39 is 11.6 Å². The van der Waals surface area contributed by atoms with E-state index in [2.05, 4.69) is 5.32 Å². The Hall–Kier alpha value is -4.01. The Bertz CT molecular complexity index is 1420. The summed E-state index contributed by atoms with van der Waals surface area (Å²) in [5, 5.41) is 11.0. The van der Waals surface area contributed by atoms with Gasteiger partial charge in [-0.05, 0) is 65.1 Å². The van der Waals surface area contributed by atoms with Crippen molar-refractivity contribution >= 4 is 40.6 Å². The molecule has 4 N–H and O–H groups in total. The second-order valence-corrected chi connectivity index (χ2v) is 9.52. The third-order valence-electron chi connectivity index (χ3n) is 6.19. The number of halogens is 3. The standard InChI is InChI=1S/C31H33ClF2N4O2/c1-4-23(24-12-9-21(33)18-27(24)32)30(25-13-14-28(36)26(19-35)31(25)34)20-7-10-22(11-8-20)40-17-16-37-15-5-6-29(39)38(2)3/h5-14,18-19,35,37H,4,15-17,36H2,1-3H3/b6-5+,30-23+,35-19?. The van der Waals surface area contributed by atoms with Crippen LogP contribution in [0.2, 0.25) is 5.02 Å². The number of hydrogen-bond acceptors (Lipinski definition) is 5. The monoisotopic (exact) mass is 566 g/mol. The number of carbonyl (C=O) groups excluding carboxylic acids is 1. The van der Waals surface area contributed by atoms with Crippen molar-refractivity contribution in [2.45, 2.75) is 13.3 Å². The van der Waals surface area contributed by atoms with Crippen molar-refractivity contribution in [2.75, 3.05) is 39.5 Å². The molecule has 210 valence electrons. The predicted octanol–water partition coefficient (Wildman–Crippen LogP) is 6.18. The largest absolute Gasteiger partial charge is 0.492 e. The quantitative estimate of drug-likeness (QED) is 0.0802. The summed E-state index contributed by atoms with van der Waals surface area (Å²) < 4.78 is 35.3. The van der Waals surface area contributed by atoms with Gasteiger partial charge in [0.2, 0.25) is 5.91 Å². The van der Waals surface area contributed by atoms with Gasteiger partial charge in [-0.3, -0.25) is 4.79 Å². The minimum atomic E-state index is -0.623. The maximum Gasteiger partial charge on any atom is 0.245 e. The SMILES string of the molecule is CC/C(=C(/c1ccc(OCCNC/C=C/C(=O)N(C)C)cc1)c1ccc(N)c(C=N)c1F)c1ccc(F)cc1Cl. The van der Waals surface area contributed by atoms with Crippen molar-refractivity contribution in [2.24, 2.45) is 0 Å². The first-order valence-electron chi connectivity index (χ1n) is 12.8. The van der Waals surface area contributed by atoms with Crippen LogP contribution in [0.1, 0.15) is 35.6 Å². The molecule has 3 rings (SSSR count). The molecule has 6 nitrogen and oxygen atoms in total. The number of nitrogens with one attached hydrogen (secondary N) is 2. The Morgan fingerprint density at radius 3 is 2.42 bits per heavy atom. The lowest BCUT2D eigenvalue weighted by atomic mass is 9.87. The predicted molar refractivity (Wildman–Crippen MR) is 159 cm³/mol.